The molecule has 2 aliphatic carbocycles. The minimum absolute atomic E-state index is 0.0340. The number of rotatable bonds is 1. The first-order chi connectivity index (χ1) is 12.1. The smallest absolute Gasteiger partial charge is 0.217 e. The molecule has 0 bridgehead atoms. The van der Waals surface area contributed by atoms with E-state index in [0.29, 0.717) is 0 Å². The first-order valence-corrected chi connectivity index (χ1v) is 9.05. The van der Waals surface area contributed by atoms with Gasteiger partial charge in [-0.1, -0.05) is 12.1 Å². The lowest BCUT2D eigenvalue weighted by atomic mass is 9.91. The summed E-state index contributed by atoms with van der Waals surface area (Å²) in [5.74, 6) is 0.0340. The van der Waals surface area contributed by atoms with Gasteiger partial charge in [0, 0.05) is 36.7 Å². The number of nitrogens with two attached hydrogens (primary N) is 1. The number of nitrogens with zero attached hydrogens (tertiary/aromatic N) is 2. The zero-order valence-corrected chi connectivity index (χ0v) is 14.7. The number of fused-ring (bicyclic) bond motifs is 2. The fourth-order valence-electron chi connectivity index (χ4n) is 3.64. The molecule has 5 nitrogen and oxygen atoms in total. The van der Waals surface area contributed by atoms with E-state index >= 15 is 0 Å². The number of carbonyl (C=O) groups excluding carboxylic acids is 1. The highest BCUT2D eigenvalue weighted by molar-refractivity contribution is 5.73. The SMILES string of the molecule is CC(=O)N[C@@H]1CCCc2ncccc21.N[C@H]1CCCc2ncccc21. The number of amides is 1. The van der Waals surface area contributed by atoms with Crippen LogP contribution in [0, 0.1) is 0 Å². The van der Waals surface area contributed by atoms with E-state index in [9.17, 15) is 4.79 Å². The highest BCUT2D eigenvalue weighted by Gasteiger charge is 2.20. The Morgan fingerprint density at radius 3 is 2.28 bits per heavy atom. The average Bonchev–Trinajstić information content (AvgIpc) is 2.63. The van der Waals surface area contributed by atoms with E-state index in [0.717, 1.165) is 37.8 Å². The van der Waals surface area contributed by atoms with Crippen LogP contribution in [0.15, 0.2) is 36.7 Å². The number of aryl methyl sites for hydroxylation is 2. The molecule has 2 aromatic heterocycles. The van der Waals surface area contributed by atoms with Crippen LogP contribution in [-0.2, 0) is 17.6 Å². The molecular formula is C20H26N4O. The van der Waals surface area contributed by atoms with Crippen LogP contribution in [0.4, 0.5) is 0 Å². The number of nitrogens with one attached hydrogen (secondary N) is 1. The van der Waals surface area contributed by atoms with Crippen LogP contribution in [0.5, 0.6) is 0 Å². The molecular weight excluding hydrogens is 312 g/mol. The molecule has 0 saturated carbocycles. The van der Waals surface area contributed by atoms with Gasteiger partial charge in [0.1, 0.15) is 0 Å². The Labute approximate surface area is 149 Å². The largest absolute Gasteiger partial charge is 0.349 e. The second-order valence-corrected chi connectivity index (χ2v) is 6.72. The first kappa shape index (κ1) is 17.5. The van der Waals surface area contributed by atoms with Gasteiger partial charge < -0.3 is 11.1 Å². The molecule has 5 heteroatoms. The summed E-state index contributed by atoms with van der Waals surface area (Å²) in [6.45, 7) is 1.56. The normalized spacial score (nSPS) is 21.2. The van der Waals surface area contributed by atoms with E-state index in [1.807, 2.05) is 24.5 Å². The molecule has 0 spiro atoms. The Morgan fingerprint density at radius 1 is 1.04 bits per heavy atom. The van der Waals surface area contributed by atoms with Gasteiger partial charge in [-0.3, -0.25) is 14.8 Å². The second-order valence-electron chi connectivity index (χ2n) is 6.72. The average molecular weight is 338 g/mol. The van der Waals surface area contributed by atoms with E-state index < -0.39 is 0 Å². The van der Waals surface area contributed by atoms with Crippen molar-refractivity contribution in [1.82, 2.24) is 15.3 Å². The van der Waals surface area contributed by atoms with Crippen molar-refractivity contribution in [3.05, 3.63) is 59.2 Å². The molecule has 2 aromatic rings. The zero-order valence-electron chi connectivity index (χ0n) is 14.7. The van der Waals surface area contributed by atoms with Crippen LogP contribution in [0.1, 0.15) is 67.2 Å². The summed E-state index contributed by atoms with van der Waals surface area (Å²) in [6, 6.07) is 8.44. The summed E-state index contributed by atoms with van der Waals surface area (Å²) in [7, 11) is 0. The number of hydrogen-bond acceptors (Lipinski definition) is 4. The van der Waals surface area contributed by atoms with Gasteiger partial charge in [-0.15, -0.1) is 0 Å². The minimum Gasteiger partial charge on any atom is -0.349 e. The van der Waals surface area contributed by atoms with Gasteiger partial charge in [-0.25, -0.2) is 0 Å². The van der Waals surface area contributed by atoms with E-state index in [4.69, 9.17) is 5.73 Å². The highest BCUT2D eigenvalue weighted by atomic mass is 16.1. The first-order valence-electron chi connectivity index (χ1n) is 9.05. The number of pyridine rings is 2. The molecule has 4 rings (SSSR count). The van der Waals surface area contributed by atoms with Gasteiger partial charge in [-0.05, 0) is 61.8 Å². The van der Waals surface area contributed by atoms with Crippen LogP contribution in [-0.4, -0.2) is 15.9 Å². The van der Waals surface area contributed by atoms with Crippen LogP contribution in [0.2, 0.25) is 0 Å². The Bertz CT molecular complexity index is 731. The second kappa shape index (κ2) is 8.21. The third-order valence-corrected chi connectivity index (χ3v) is 4.84. The molecule has 132 valence electrons. The third-order valence-electron chi connectivity index (χ3n) is 4.84. The van der Waals surface area contributed by atoms with E-state index in [2.05, 4.69) is 27.4 Å². The van der Waals surface area contributed by atoms with E-state index in [1.54, 1.807) is 6.92 Å². The minimum atomic E-state index is 0.0340. The van der Waals surface area contributed by atoms with Crippen LogP contribution < -0.4 is 11.1 Å². The quantitative estimate of drug-likeness (QED) is 0.837. The van der Waals surface area contributed by atoms with Crippen molar-refractivity contribution in [3.8, 4) is 0 Å². The molecule has 3 N–H and O–H groups in total. The van der Waals surface area contributed by atoms with Crippen molar-refractivity contribution >= 4 is 5.91 Å². The summed E-state index contributed by atoms with van der Waals surface area (Å²) in [5, 5.41) is 2.96. The maximum atomic E-state index is 11.0. The number of carbonyl (C=O) groups is 1. The van der Waals surface area contributed by atoms with E-state index in [-0.39, 0.29) is 18.0 Å². The van der Waals surface area contributed by atoms with Crippen LogP contribution in [0.3, 0.4) is 0 Å². The van der Waals surface area contributed by atoms with Gasteiger partial charge in [-0.2, -0.15) is 0 Å². The predicted molar refractivity (Wildman–Crippen MR) is 97.8 cm³/mol. The zero-order chi connectivity index (χ0) is 17.6. The molecule has 1 amide bonds. The Balaban J connectivity index is 0.000000150. The summed E-state index contributed by atoms with van der Waals surface area (Å²) in [6.07, 6.45) is 10.2. The van der Waals surface area contributed by atoms with Crippen molar-refractivity contribution in [2.24, 2.45) is 5.73 Å². The summed E-state index contributed by atoms with van der Waals surface area (Å²) >= 11 is 0. The number of aromatic nitrogens is 2. The number of hydrogen-bond donors (Lipinski definition) is 2. The lowest BCUT2D eigenvalue weighted by Gasteiger charge is -2.24. The Hall–Kier alpha value is -2.27. The van der Waals surface area contributed by atoms with E-state index in [1.165, 1.54) is 23.2 Å². The van der Waals surface area contributed by atoms with Gasteiger partial charge in [0.15, 0.2) is 0 Å². The Morgan fingerprint density at radius 2 is 1.64 bits per heavy atom. The maximum absolute atomic E-state index is 11.0. The fraction of sp³-hybridized carbons (Fsp3) is 0.450. The van der Waals surface area contributed by atoms with Gasteiger partial charge in [0.25, 0.3) is 0 Å². The third kappa shape index (κ3) is 4.42. The predicted octanol–water partition coefficient (Wildman–Crippen LogP) is 3.01. The van der Waals surface area contributed by atoms with Crippen molar-refractivity contribution in [1.29, 1.82) is 0 Å². The maximum Gasteiger partial charge on any atom is 0.217 e. The molecule has 0 saturated heterocycles. The van der Waals surface area contributed by atoms with Gasteiger partial charge in [0.05, 0.1) is 6.04 Å². The van der Waals surface area contributed by atoms with Crippen LogP contribution in [0.25, 0.3) is 0 Å². The van der Waals surface area contributed by atoms with Gasteiger partial charge >= 0.3 is 0 Å². The lowest BCUT2D eigenvalue weighted by molar-refractivity contribution is -0.119. The Kier molecular flexibility index (Phi) is 5.76. The fourth-order valence-corrected chi connectivity index (χ4v) is 3.64. The topological polar surface area (TPSA) is 80.9 Å². The monoisotopic (exact) mass is 338 g/mol. The van der Waals surface area contributed by atoms with Crippen molar-refractivity contribution in [2.45, 2.75) is 57.5 Å². The molecule has 0 aliphatic heterocycles. The van der Waals surface area contributed by atoms with Crippen molar-refractivity contribution < 1.29 is 4.79 Å². The molecule has 2 aliphatic rings. The molecule has 0 fully saturated rings. The molecule has 0 radical (unpaired) electrons. The lowest BCUT2D eigenvalue weighted by Crippen LogP contribution is -2.29. The summed E-state index contributed by atoms with van der Waals surface area (Å²) < 4.78 is 0. The molecule has 0 unspecified atom stereocenters. The molecule has 2 atom stereocenters. The standard InChI is InChI=1S/C11H14N2O.C9H12N2/c1-8(14)13-11-6-2-5-10-9(11)4-3-7-12-10;10-8-4-1-5-9-7(8)3-2-6-11-9/h3-4,7,11H,2,5-6H2,1H3,(H,13,14);2-3,6,8H,1,4-5,10H2/t11-;8-/m10/s1. The van der Waals surface area contributed by atoms with Crippen molar-refractivity contribution in [3.63, 3.8) is 0 Å². The van der Waals surface area contributed by atoms with Gasteiger partial charge in [0.2, 0.25) is 5.91 Å². The van der Waals surface area contributed by atoms with Crippen molar-refractivity contribution in [2.75, 3.05) is 0 Å². The molecule has 25 heavy (non-hydrogen) atoms. The summed E-state index contributed by atoms with van der Waals surface area (Å²) in [4.78, 5) is 19.6. The molecule has 2 heterocycles. The highest BCUT2D eigenvalue weighted by Crippen LogP contribution is 2.28. The molecule has 0 aromatic carbocycles. The summed E-state index contributed by atoms with van der Waals surface area (Å²) in [5.41, 5.74) is 10.7. The van der Waals surface area contributed by atoms with Crippen LogP contribution >= 0.6 is 0 Å².